The molecule has 0 atom stereocenters. The Balaban J connectivity index is 1.81. The van der Waals surface area contributed by atoms with Gasteiger partial charge in [0.25, 0.3) is 0 Å². The molecule has 136 valence electrons. The fourth-order valence-corrected chi connectivity index (χ4v) is 3.87. The van der Waals surface area contributed by atoms with Crippen LogP contribution < -0.4 is 15.0 Å². The van der Waals surface area contributed by atoms with Crippen LogP contribution >= 0.6 is 22.9 Å². The number of anilines is 2. The van der Waals surface area contributed by atoms with Crippen LogP contribution in [-0.4, -0.2) is 36.6 Å². The van der Waals surface area contributed by atoms with Crippen molar-refractivity contribution in [2.45, 2.75) is 13.8 Å². The van der Waals surface area contributed by atoms with Gasteiger partial charge in [0.05, 0.1) is 24.7 Å². The first-order valence-electron chi connectivity index (χ1n) is 7.96. The molecule has 0 saturated carbocycles. The summed E-state index contributed by atoms with van der Waals surface area (Å²) in [5.41, 5.74) is 1.68. The predicted molar refractivity (Wildman–Crippen MR) is 107 cm³/mol. The van der Waals surface area contributed by atoms with Crippen molar-refractivity contribution in [3.63, 3.8) is 0 Å². The molecular weight excluding hydrogens is 372 g/mol. The number of methoxy groups -OCH3 is 1. The van der Waals surface area contributed by atoms with Crippen molar-refractivity contribution in [1.82, 2.24) is 9.97 Å². The Bertz CT molecular complexity index is 973. The van der Waals surface area contributed by atoms with Gasteiger partial charge in [-0.2, -0.15) is 0 Å². The van der Waals surface area contributed by atoms with Gasteiger partial charge in [0.15, 0.2) is 0 Å². The first kappa shape index (κ1) is 18.4. The van der Waals surface area contributed by atoms with Gasteiger partial charge in [0.1, 0.15) is 22.7 Å². The SMILES string of the molecule is COc1ccc(Cl)cc1NC(=O)CN(C)c1ncnc2sc(C)c(C)c12. The maximum atomic E-state index is 12.5. The summed E-state index contributed by atoms with van der Waals surface area (Å²) < 4.78 is 5.26. The Kier molecular flexibility index (Phi) is 5.29. The molecule has 2 aromatic heterocycles. The Morgan fingerprint density at radius 3 is 2.85 bits per heavy atom. The van der Waals surface area contributed by atoms with Crippen LogP contribution in [0, 0.1) is 13.8 Å². The van der Waals surface area contributed by atoms with Crippen molar-refractivity contribution in [2.24, 2.45) is 0 Å². The molecule has 0 unspecified atom stereocenters. The molecule has 6 nitrogen and oxygen atoms in total. The van der Waals surface area contributed by atoms with Gasteiger partial charge >= 0.3 is 0 Å². The van der Waals surface area contributed by atoms with Gasteiger partial charge in [-0.15, -0.1) is 11.3 Å². The van der Waals surface area contributed by atoms with Gasteiger partial charge in [0.2, 0.25) is 5.91 Å². The third kappa shape index (κ3) is 3.59. The maximum absolute atomic E-state index is 12.5. The molecule has 0 bridgehead atoms. The zero-order valence-electron chi connectivity index (χ0n) is 15.0. The van der Waals surface area contributed by atoms with E-state index >= 15 is 0 Å². The molecule has 0 aliphatic carbocycles. The van der Waals surface area contributed by atoms with Crippen LogP contribution in [0.2, 0.25) is 5.02 Å². The standard InChI is InChI=1S/C18H19ClN4O2S/c1-10-11(2)26-18-16(10)17(20-9-21-18)23(3)8-15(24)22-13-7-12(19)5-6-14(13)25-4/h5-7,9H,8H2,1-4H3,(H,22,24). The van der Waals surface area contributed by atoms with Crippen LogP contribution in [0.15, 0.2) is 24.5 Å². The van der Waals surface area contributed by atoms with E-state index in [9.17, 15) is 4.79 Å². The maximum Gasteiger partial charge on any atom is 0.244 e. The summed E-state index contributed by atoms with van der Waals surface area (Å²) in [6.45, 7) is 4.24. The minimum Gasteiger partial charge on any atom is -0.495 e. The second-order valence-electron chi connectivity index (χ2n) is 5.91. The van der Waals surface area contributed by atoms with E-state index in [-0.39, 0.29) is 12.5 Å². The Hall–Kier alpha value is -2.38. The number of fused-ring (bicyclic) bond motifs is 1. The van der Waals surface area contributed by atoms with E-state index in [1.165, 1.54) is 11.2 Å². The van der Waals surface area contributed by atoms with Crippen LogP contribution in [0.4, 0.5) is 11.5 Å². The number of amides is 1. The number of hydrogen-bond acceptors (Lipinski definition) is 6. The van der Waals surface area contributed by atoms with E-state index in [2.05, 4.69) is 22.2 Å². The molecule has 0 radical (unpaired) electrons. The van der Waals surface area contributed by atoms with Crippen molar-refractivity contribution in [3.8, 4) is 5.75 Å². The molecule has 0 aliphatic heterocycles. The molecule has 0 fully saturated rings. The molecule has 3 aromatic rings. The minimum absolute atomic E-state index is 0.135. The van der Waals surface area contributed by atoms with Gasteiger partial charge in [-0.1, -0.05) is 11.6 Å². The summed E-state index contributed by atoms with van der Waals surface area (Å²) in [5.74, 6) is 1.11. The van der Waals surface area contributed by atoms with E-state index in [0.29, 0.717) is 16.5 Å². The highest BCUT2D eigenvalue weighted by Crippen LogP contribution is 2.34. The molecule has 0 aliphatic rings. The molecule has 1 N–H and O–H groups in total. The summed E-state index contributed by atoms with van der Waals surface area (Å²) in [7, 11) is 3.38. The molecule has 0 saturated heterocycles. The smallest absolute Gasteiger partial charge is 0.244 e. The lowest BCUT2D eigenvalue weighted by molar-refractivity contribution is -0.114. The number of benzene rings is 1. The molecule has 3 rings (SSSR count). The third-order valence-electron chi connectivity index (χ3n) is 4.12. The fourth-order valence-electron chi connectivity index (χ4n) is 2.71. The van der Waals surface area contributed by atoms with E-state index in [4.69, 9.17) is 16.3 Å². The number of rotatable bonds is 5. The summed E-state index contributed by atoms with van der Waals surface area (Å²) >= 11 is 7.64. The molecule has 8 heteroatoms. The number of aromatic nitrogens is 2. The number of likely N-dealkylation sites (N-methyl/N-ethyl adjacent to an activating group) is 1. The second kappa shape index (κ2) is 7.47. The van der Waals surface area contributed by atoms with Crippen molar-refractivity contribution < 1.29 is 9.53 Å². The van der Waals surface area contributed by atoms with E-state index in [0.717, 1.165) is 21.6 Å². The van der Waals surface area contributed by atoms with Crippen molar-refractivity contribution in [2.75, 3.05) is 30.9 Å². The summed E-state index contributed by atoms with van der Waals surface area (Å²) in [6.07, 6.45) is 1.53. The van der Waals surface area contributed by atoms with Crippen LogP contribution in [0.1, 0.15) is 10.4 Å². The highest BCUT2D eigenvalue weighted by Gasteiger charge is 2.17. The lowest BCUT2D eigenvalue weighted by Gasteiger charge is -2.19. The number of carbonyl (C=O) groups excluding carboxylic acids is 1. The predicted octanol–water partition coefficient (Wildman–Crippen LogP) is 4.05. The average Bonchev–Trinajstić information content (AvgIpc) is 2.89. The van der Waals surface area contributed by atoms with Gasteiger partial charge in [0, 0.05) is 16.9 Å². The summed E-state index contributed by atoms with van der Waals surface area (Å²) in [4.78, 5) is 25.2. The lowest BCUT2D eigenvalue weighted by atomic mass is 10.2. The van der Waals surface area contributed by atoms with Gasteiger partial charge in [-0.3, -0.25) is 4.79 Å². The molecule has 26 heavy (non-hydrogen) atoms. The summed E-state index contributed by atoms with van der Waals surface area (Å²) in [5, 5.41) is 4.36. The summed E-state index contributed by atoms with van der Waals surface area (Å²) in [6, 6.07) is 5.09. The van der Waals surface area contributed by atoms with Crippen molar-refractivity contribution in [1.29, 1.82) is 0 Å². The van der Waals surface area contributed by atoms with Crippen molar-refractivity contribution >= 4 is 50.6 Å². The van der Waals surface area contributed by atoms with Gasteiger partial charge in [-0.25, -0.2) is 9.97 Å². The molecule has 1 amide bonds. The Labute approximate surface area is 160 Å². The van der Waals surface area contributed by atoms with Crippen LogP contribution in [0.5, 0.6) is 5.75 Å². The highest BCUT2D eigenvalue weighted by atomic mass is 35.5. The number of aryl methyl sites for hydroxylation is 2. The molecular formula is C18H19ClN4O2S. The zero-order valence-corrected chi connectivity index (χ0v) is 16.5. The fraction of sp³-hybridized carbons (Fsp3) is 0.278. The van der Waals surface area contributed by atoms with Crippen LogP contribution in [0.3, 0.4) is 0 Å². The lowest BCUT2D eigenvalue weighted by Crippen LogP contribution is -2.31. The average molecular weight is 391 g/mol. The second-order valence-corrected chi connectivity index (χ2v) is 7.55. The first-order valence-corrected chi connectivity index (χ1v) is 9.15. The monoisotopic (exact) mass is 390 g/mol. The Morgan fingerprint density at radius 1 is 1.35 bits per heavy atom. The third-order valence-corrected chi connectivity index (χ3v) is 5.47. The quantitative estimate of drug-likeness (QED) is 0.712. The van der Waals surface area contributed by atoms with E-state index in [1.54, 1.807) is 36.6 Å². The minimum atomic E-state index is -0.190. The van der Waals surface area contributed by atoms with E-state index < -0.39 is 0 Å². The number of hydrogen-bond donors (Lipinski definition) is 1. The zero-order chi connectivity index (χ0) is 18.8. The Morgan fingerprint density at radius 2 is 2.12 bits per heavy atom. The number of halogens is 1. The molecule has 2 heterocycles. The van der Waals surface area contributed by atoms with Gasteiger partial charge < -0.3 is 15.0 Å². The van der Waals surface area contributed by atoms with Crippen LogP contribution in [-0.2, 0) is 4.79 Å². The molecule has 1 aromatic carbocycles. The van der Waals surface area contributed by atoms with Gasteiger partial charge in [-0.05, 0) is 37.6 Å². The highest BCUT2D eigenvalue weighted by molar-refractivity contribution is 7.18. The number of ether oxygens (including phenoxy) is 1. The number of thiophene rings is 1. The molecule has 0 spiro atoms. The topological polar surface area (TPSA) is 67.3 Å². The normalized spacial score (nSPS) is 10.8. The van der Waals surface area contributed by atoms with Crippen LogP contribution in [0.25, 0.3) is 10.2 Å². The van der Waals surface area contributed by atoms with Crippen molar-refractivity contribution in [3.05, 3.63) is 40.0 Å². The first-order chi connectivity index (χ1) is 12.4. The number of nitrogens with zero attached hydrogens (tertiary/aromatic N) is 3. The van der Waals surface area contributed by atoms with E-state index in [1.807, 2.05) is 18.9 Å². The number of nitrogens with one attached hydrogen (secondary N) is 1. The largest absolute Gasteiger partial charge is 0.495 e. The number of carbonyl (C=O) groups is 1.